The largest absolute Gasteiger partial charge is 1.00 e. The summed E-state index contributed by atoms with van der Waals surface area (Å²) in [5.41, 5.74) is 3.93. The summed E-state index contributed by atoms with van der Waals surface area (Å²) in [6.07, 6.45) is 1.87. The van der Waals surface area contributed by atoms with Crippen LogP contribution in [0.2, 0.25) is 0 Å². The number of nitro benzene ring substituents is 1. The van der Waals surface area contributed by atoms with Crippen LogP contribution in [0.4, 0.5) is 5.69 Å². The lowest BCUT2D eigenvalue weighted by molar-refractivity contribution is -0.677. The van der Waals surface area contributed by atoms with E-state index in [1.54, 1.807) is 12.1 Å². The summed E-state index contributed by atoms with van der Waals surface area (Å²) >= 11 is 0. The first-order valence-corrected chi connectivity index (χ1v) is 8.94. The first-order chi connectivity index (χ1) is 13.0. The first-order valence-electron chi connectivity index (χ1n) is 8.94. The van der Waals surface area contributed by atoms with Gasteiger partial charge in [0.25, 0.3) is 0 Å². The molecule has 2 aromatic carbocycles. The van der Waals surface area contributed by atoms with Crippen molar-refractivity contribution in [3.05, 3.63) is 88.1 Å². The van der Waals surface area contributed by atoms with E-state index in [1.807, 2.05) is 63.4 Å². The van der Waals surface area contributed by atoms with Crippen LogP contribution in [0.1, 0.15) is 25.0 Å². The zero-order valence-corrected chi connectivity index (χ0v) is 17.7. The number of halogens is 1. The van der Waals surface area contributed by atoms with E-state index in [4.69, 9.17) is 4.74 Å². The maximum absolute atomic E-state index is 11.4. The van der Waals surface area contributed by atoms with E-state index in [2.05, 4.69) is 16.7 Å². The lowest BCUT2D eigenvalue weighted by atomic mass is 10.0. The fourth-order valence-electron chi connectivity index (χ4n) is 3.08. The van der Waals surface area contributed by atoms with Crippen LogP contribution in [0.3, 0.4) is 0 Å². The molecule has 5 nitrogen and oxygen atoms in total. The summed E-state index contributed by atoms with van der Waals surface area (Å²) in [7, 11) is 0. The molecule has 6 heteroatoms. The quantitative estimate of drug-likeness (QED) is 0.331. The second-order valence-corrected chi connectivity index (χ2v) is 6.76. The van der Waals surface area contributed by atoms with Crippen LogP contribution in [0.15, 0.2) is 66.9 Å². The number of nitrogens with zero attached hydrogens (tertiary/aromatic N) is 2. The minimum atomic E-state index is -0.391. The van der Waals surface area contributed by atoms with Gasteiger partial charge in [-0.25, -0.2) is 0 Å². The molecule has 0 aliphatic rings. The van der Waals surface area contributed by atoms with Crippen LogP contribution in [-0.4, -0.2) is 11.0 Å². The van der Waals surface area contributed by atoms with E-state index in [0.29, 0.717) is 12.3 Å². The minimum absolute atomic E-state index is 0. The van der Waals surface area contributed by atoms with Crippen molar-refractivity contribution in [1.29, 1.82) is 0 Å². The van der Waals surface area contributed by atoms with Gasteiger partial charge in [0.05, 0.1) is 16.6 Å². The van der Waals surface area contributed by atoms with E-state index < -0.39 is 4.92 Å². The summed E-state index contributed by atoms with van der Waals surface area (Å²) in [4.78, 5) is 11.0. The van der Waals surface area contributed by atoms with E-state index in [1.165, 1.54) is 5.56 Å². The number of aryl methyl sites for hydroxylation is 1. The number of rotatable bonds is 6. The van der Waals surface area contributed by atoms with Crippen molar-refractivity contribution < 1.29 is 31.2 Å². The van der Waals surface area contributed by atoms with Gasteiger partial charge in [-0.05, 0) is 32.4 Å². The fourth-order valence-corrected chi connectivity index (χ4v) is 3.08. The Morgan fingerprint density at radius 3 is 2.39 bits per heavy atom. The van der Waals surface area contributed by atoms with Crippen molar-refractivity contribution in [2.75, 3.05) is 0 Å². The van der Waals surface area contributed by atoms with Crippen LogP contribution in [0.25, 0.3) is 11.3 Å². The molecule has 0 N–H and O–H groups in total. The predicted molar refractivity (Wildman–Crippen MR) is 105 cm³/mol. The van der Waals surface area contributed by atoms with Crippen molar-refractivity contribution in [2.24, 2.45) is 0 Å². The Hall–Kier alpha value is -2.73. The van der Waals surface area contributed by atoms with Gasteiger partial charge in [-0.2, -0.15) is 4.57 Å². The van der Waals surface area contributed by atoms with Crippen molar-refractivity contribution in [2.45, 2.75) is 33.4 Å². The summed E-state index contributed by atoms with van der Waals surface area (Å²) in [6.45, 7) is 6.33. The highest BCUT2D eigenvalue weighted by molar-refractivity contribution is 5.68. The number of hydrogen-bond donors (Lipinski definition) is 0. The van der Waals surface area contributed by atoms with E-state index >= 15 is 0 Å². The highest BCUT2D eigenvalue weighted by Crippen LogP contribution is 2.35. The standard InChI is InChI=1S/C22H23N2O3.BrH/c1-16(2)27-22-14-19(17(3)13-21(22)24(25)26)20-11-7-8-12-23(20)15-18-9-5-4-6-10-18;/h4-14,16H,15H2,1-3H3;1H/q+1;/p-1. The molecule has 1 heterocycles. The minimum Gasteiger partial charge on any atom is -1.00 e. The third-order valence-electron chi connectivity index (χ3n) is 4.28. The molecule has 0 saturated heterocycles. The van der Waals surface area contributed by atoms with Crippen LogP contribution in [0.5, 0.6) is 5.75 Å². The third kappa shape index (κ3) is 4.95. The smallest absolute Gasteiger partial charge is 0.311 e. The molecular formula is C22H23BrN2O3. The van der Waals surface area contributed by atoms with Crippen LogP contribution in [0, 0.1) is 17.0 Å². The van der Waals surface area contributed by atoms with Crippen LogP contribution in [-0.2, 0) is 6.54 Å². The normalized spacial score (nSPS) is 10.4. The maximum Gasteiger partial charge on any atom is 0.311 e. The summed E-state index contributed by atoms with van der Waals surface area (Å²) in [5, 5.41) is 11.4. The summed E-state index contributed by atoms with van der Waals surface area (Å²) in [5.74, 6) is 0.297. The van der Waals surface area contributed by atoms with Gasteiger partial charge in [-0.3, -0.25) is 10.1 Å². The van der Waals surface area contributed by atoms with Crippen LogP contribution < -0.4 is 26.3 Å². The number of ether oxygens (including phenoxy) is 1. The molecule has 0 amide bonds. The molecule has 3 rings (SSSR count). The van der Waals surface area contributed by atoms with Crippen LogP contribution >= 0.6 is 0 Å². The molecule has 0 radical (unpaired) electrons. The molecule has 0 saturated carbocycles. The Morgan fingerprint density at radius 1 is 1.07 bits per heavy atom. The van der Waals surface area contributed by atoms with E-state index in [-0.39, 0.29) is 28.8 Å². The zero-order chi connectivity index (χ0) is 19.4. The maximum atomic E-state index is 11.4. The SMILES string of the molecule is Cc1cc([N+](=O)[O-])c(OC(C)C)cc1-c1cccc[n+]1Cc1ccccc1.[Br-]. The van der Waals surface area contributed by atoms with Gasteiger partial charge in [0.15, 0.2) is 18.5 Å². The highest BCUT2D eigenvalue weighted by atomic mass is 79.9. The van der Waals surface area contributed by atoms with Crippen molar-refractivity contribution in [1.82, 2.24) is 0 Å². The molecule has 1 aromatic heterocycles. The number of aromatic nitrogens is 1. The summed E-state index contributed by atoms with van der Waals surface area (Å²) in [6, 6.07) is 19.6. The zero-order valence-electron chi connectivity index (χ0n) is 16.1. The van der Waals surface area contributed by atoms with Gasteiger partial charge in [0.2, 0.25) is 5.69 Å². The Balaban J connectivity index is 0.00000280. The van der Waals surface area contributed by atoms with Crippen molar-refractivity contribution >= 4 is 5.69 Å². The van der Waals surface area contributed by atoms with Crippen molar-refractivity contribution in [3.63, 3.8) is 0 Å². The van der Waals surface area contributed by atoms with Crippen molar-refractivity contribution in [3.8, 4) is 17.0 Å². The molecule has 0 unspecified atom stereocenters. The molecule has 0 aliphatic heterocycles. The highest BCUT2D eigenvalue weighted by Gasteiger charge is 2.23. The molecule has 0 aliphatic carbocycles. The lowest BCUT2D eigenvalue weighted by Crippen LogP contribution is -3.00. The van der Waals surface area contributed by atoms with Gasteiger partial charge in [0.1, 0.15) is 0 Å². The molecule has 146 valence electrons. The second kappa shape index (κ2) is 9.46. The number of benzene rings is 2. The number of pyridine rings is 1. The van der Waals surface area contributed by atoms with Gasteiger partial charge in [-0.1, -0.05) is 30.3 Å². The van der Waals surface area contributed by atoms with Gasteiger partial charge < -0.3 is 21.7 Å². The Bertz CT molecular complexity index is 959. The Morgan fingerprint density at radius 2 is 1.75 bits per heavy atom. The predicted octanol–water partition coefficient (Wildman–Crippen LogP) is 1.70. The van der Waals surface area contributed by atoms with E-state index in [9.17, 15) is 10.1 Å². The van der Waals surface area contributed by atoms with Gasteiger partial charge in [-0.15, -0.1) is 0 Å². The average Bonchev–Trinajstić information content (AvgIpc) is 2.64. The third-order valence-corrected chi connectivity index (χ3v) is 4.28. The molecular weight excluding hydrogens is 420 g/mol. The monoisotopic (exact) mass is 442 g/mol. The average molecular weight is 443 g/mol. The molecule has 0 spiro atoms. The fraction of sp³-hybridized carbons (Fsp3) is 0.227. The molecule has 0 bridgehead atoms. The second-order valence-electron chi connectivity index (χ2n) is 6.76. The van der Waals surface area contributed by atoms with Gasteiger partial charge >= 0.3 is 5.69 Å². The molecule has 0 atom stereocenters. The Kier molecular flexibility index (Phi) is 7.29. The topological polar surface area (TPSA) is 56.3 Å². The Labute approximate surface area is 175 Å². The number of nitro groups is 1. The molecule has 3 aromatic rings. The molecule has 28 heavy (non-hydrogen) atoms. The summed E-state index contributed by atoms with van der Waals surface area (Å²) < 4.78 is 7.87. The van der Waals surface area contributed by atoms with E-state index in [0.717, 1.165) is 16.8 Å². The lowest BCUT2D eigenvalue weighted by Gasteiger charge is -2.13. The molecule has 0 fully saturated rings. The number of hydrogen-bond acceptors (Lipinski definition) is 3. The van der Waals surface area contributed by atoms with Gasteiger partial charge in [0, 0.05) is 29.8 Å². The first kappa shape index (κ1) is 21.6.